The number of rotatable bonds is 6. The highest BCUT2D eigenvalue weighted by molar-refractivity contribution is 6.30. The third kappa shape index (κ3) is 4.36. The molecule has 1 aromatic heterocycles. The van der Waals surface area contributed by atoms with Gasteiger partial charge in [0.1, 0.15) is 0 Å². The van der Waals surface area contributed by atoms with E-state index in [4.69, 9.17) is 20.9 Å². The van der Waals surface area contributed by atoms with E-state index in [-0.39, 0.29) is 30.9 Å². The molecule has 0 N–H and O–H groups in total. The van der Waals surface area contributed by atoms with E-state index in [1.807, 2.05) is 37.3 Å². The number of carbonyl (C=O) groups is 2. The van der Waals surface area contributed by atoms with Gasteiger partial charge in [-0.3, -0.25) is 9.59 Å². The number of aromatic nitrogens is 2. The minimum absolute atomic E-state index is 0.0592. The molecule has 7 nitrogen and oxygen atoms in total. The van der Waals surface area contributed by atoms with Gasteiger partial charge >= 0.3 is 5.97 Å². The second-order valence-corrected chi connectivity index (χ2v) is 7.60. The third-order valence-electron chi connectivity index (χ3n) is 5.15. The highest BCUT2D eigenvalue weighted by atomic mass is 35.5. The topological polar surface area (TPSA) is 85.5 Å². The summed E-state index contributed by atoms with van der Waals surface area (Å²) in [6.45, 7) is 2.14. The van der Waals surface area contributed by atoms with E-state index in [1.165, 1.54) is 0 Å². The average molecular weight is 426 g/mol. The van der Waals surface area contributed by atoms with Crippen molar-refractivity contribution in [2.24, 2.45) is 5.92 Å². The molecule has 154 valence electrons. The van der Waals surface area contributed by atoms with E-state index in [9.17, 15) is 9.59 Å². The Bertz CT molecular complexity index is 1040. The van der Waals surface area contributed by atoms with Crippen molar-refractivity contribution in [3.05, 3.63) is 71.1 Å². The number of amides is 1. The average Bonchev–Trinajstić information content (AvgIpc) is 3.39. The standard InChI is InChI=1S/C22H20ClN3O4/c1-14(15-5-3-2-4-6-15)26-12-17(11-20(26)27)22(28)29-13-19-24-21(25-30-19)16-7-9-18(23)10-8-16/h2-10,14,17H,11-13H2,1H3. The molecule has 1 saturated heterocycles. The molecule has 0 spiro atoms. The third-order valence-corrected chi connectivity index (χ3v) is 5.40. The van der Waals surface area contributed by atoms with Gasteiger partial charge in [0.25, 0.3) is 5.89 Å². The first-order chi connectivity index (χ1) is 14.5. The van der Waals surface area contributed by atoms with E-state index >= 15 is 0 Å². The monoisotopic (exact) mass is 425 g/mol. The Labute approximate surface area is 178 Å². The van der Waals surface area contributed by atoms with Gasteiger partial charge in [0.15, 0.2) is 6.61 Å². The number of nitrogens with zero attached hydrogens (tertiary/aromatic N) is 3. The van der Waals surface area contributed by atoms with Crippen molar-refractivity contribution in [1.29, 1.82) is 0 Å². The number of carbonyl (C=O) groups excluding carboxylic acids is 2. The molecule has 30 heavy (non-hydrogen) atoms. The van der Waals surface area contributed by atoms with Crippen LogP contribution in [0.4, 0.5) is 0 Å². The summed E-state index contributed by atoms with van der Waals surface area (Å²) in [5.74, 6) is -0.445. The molecule has 1 fully saturated rings. The Hall–Kier alpha value is -3.19. The molecule has 1 amide bonds. The lowest BCUT2D eigenvalue weighted by Crippen LogP contribution is -2.29. The quantitative estimate of drug-likeness (QED) is 0.554. The van der Waals surface area contributed by atoms with Crippen LogP contribution in [0.15, 0.2) is 59.1 Å². The van der Waals surface area contributed by atoms with Crippen LogP contribution in [0.1, 0.15) is 30.8 Å². The zero-order valence-electron chi connectivity index (χ0n) is 16.3. The van der Waals surface area contributed by atoms with Crippen LogP contribution in [-0.2, 0) is 20.9 Å². The first kappa shape index (κ1) is 20.1. The van der Waals surface area contributed by atoms with Gasteiger partial charge in [-0.15, -0.1) is 0 Å². The van der Waals surface area contributed by atoms with E-state index in [2.05, 4.69) is 10.1 Å². The van der Waals surface area contributed by atoms with Gasteiger partial charge in [-0.1, -0.05) is 47.1 Å². The molecule has 2 atom stereocenters. The Kier molecular flexibility index (Phi) is 5.81. The summed E-state index contributed by atoms with van der Waals surface area (Å²) in [7, 11) is 0. The summed E-state index contributed by atoms with van der Waals surface area (Å²) < 4.78 is 10.5. The van der Waals surface area contributed by atoms with Crippen LogP contribution < -0.4 is 0 Å². The number of benzene rings is 2. The zero-order chi connectivity index (χ0) is 21.1. The molecule has 8 heteroatoms. The Morgan fingerprint density at radius 2 is 1.97 bits per heavy atom. The maximum absolute atomic E-state index is 12.5. The fourth-order valence-electron chi connectivity index (χ4n) is 3.46. The van der Waals surface area contributed by atoms with Crippen molar-refractivity contribution in [3.63, 3.8) is 0 Å². The van der Waals surface area contributed by atoms with Gasteiger partial charge in [-0.2, -0.15) is 4.98 Å². The van der Waals surface area contributed by atoms with Crippen molar-refractivity contribution in [1.82, 2.24) is 15.0 Å². The van der Waals surface area contributed by atoms with E-state index in [0.29, 0.717) is 17.4 Å². The molecule has 2 unspecified atom stereocenters. The fraction of sp³-hybridized carbons (Fsp3) is 0.273. The summed E-state index contributed by atoms with van der Waals surface area (Å²) in [5.41, 5.74) is 1.77. The van der Waals surface area contributed by atoms with Crippen LogP contribution in [0.25, 0.3) is 11.4 Å². The van der Waals surface area contributed by atoms with E-state index < -0.39 is 11.9 Å². The molecule has 0 radical (unpaired) electrons. The van der Waals surface area contributed by atoms with Crippen molar-refractivity contribution >= 4 is 23.5 Å². The SMILES string of the molecule is CC(c1ccccc1)N1CC(C(=O)OCc2nc(-c3ccc(Cl)cc3)no2)CC1=O. The number of likely N-dealkylation sites (tertiary alicyclic amines) is 1. The zero-order valence-corrected chi connectivity index (χ0v) is 17.1. The van der Waals surface area contributed by atoms with Crippen LogP contribution in [0, 0.1) is 5.92 Å². The van der Waals surface area contributed by atoms with E-state index in [0.717, 1.165) is 11.1 Å². The van der Waals surface area contributed by atoms with Crippen LogP contribution in [0.2, 0.25) is 5.02 Å². The molecule has 0 bridgehead atoms. The first-order valence-electron chi connectivity index (χ1n) is 9.61. The molecule has 4 rings (SSSR count). The predicted molar refractivity (Wildman–Crippen MR) is 109 cm³/mol. The molecule has 2 aromatic carbocycles. The number of esters is 1. The Morgan fingerprint density at radius 1 is 1.23 bits per heavy atom. The minimum atomic E-state index is -0.512. The predicted octanol–water partition coefficient (Wildman–Crippen LogP) is 4.04. The molecular weight excluding hydrogens is 406 g/mol. The summed E-state index contributed by atoms with van der Waals surface area (Å²) in [4.78, 5) is 30.9. The van der Waals surface area contributed by atoms with Gasteiger partial charge in [-0.25, -0.2) is 0 Å². The maximum atomic E-state index is 12.5. The van der Waals surface area contributed by atoms with Crippen LogP contribution in [0.3, 0.4) is 0 Å². The lowest BCUT2D eigenvalue weighted by molar-refractivity contribution is -0.150. The maximum Gasteiger partial charge on any atom is 0.311 e. The molecule has 1 aliphatic rings. The Morgan fingerprint density at radius 3 is 2.70 bits per heavy atom. The van der Waals surface area contributed by atoms with Crippen molar-refractivity contribution in [2.75, 3.05) is 6.54 Å². The lowest BCUT2D eigenvalue weighted by atomic mass is 10.1. The number of hydrogen-bond donors (Lipinski definition) is 0. The van der Waals surface area contributed by atoms with Gasteiger partial charge in [0, 0.05) is 23.6 Å². The first-order valence-corrected chi connectivity index (χ1v) is 9.98. The minimum Gasteiger partial charge on any atom is -0.455 e. The molecule has 0 saturated carbocycles. The summed E-state index contributed by atoms with van der Waals surface area (Å²) in [5, 5.41) is 4.50. The molecular formula is C22H20ClN3O4. The molecule has 1 aliphatic heterocycles. The number of halogens is 1. The van der Waals surface area contributed by atoms with Gasteiger partial charge in [0.05, 0.1) is 12.0 Å². The van der Waals surface area contributed by atoms with Crippen LogP contribution in [-0.4, -0.2) is 33.5 Å². The molecule has 2 heterocycles. The summed E-state index contributed by atoms with van der Waals surface area (Å²) >= 11 is 5.88. The molecule has 0 aliphatic carbocycles. The Balaban J connectivity index is 1.34. The van der Waals surface area contributed by atoms with Crippen molar-refractivity contribution in [3.8, 4) is 11.4 Å². The van der Waals surface area contributed by atoms with Crippen LogP contribution >= 0.6 is 11.6 Å². The van der Waals surface area contributed by atoms with Crippen molar-refractivity contribution < 1.29 is 18.8 Å². The highest BCUT2D eigenvalue weighted by Gasteiger charge is 2.38. The largest absolute Gasteiger partial charge is 0.455 e. The van der Waals surface area contributed by atoms with Gasteiger partial charge in [-0.05, 0) is 36.8 Å². The summed E-state index contributed by atoms with van der Waals surface area (Å²) in [6.07, 6.45) is 0.135. The van der Waals surface area contributed by atoms with Crippen LogP contribution in [0.5, 0.6) is 0 Å². The second-order valence-electron chi connectivity index (χ2n) is 7.16. The van der Waals surface area contributed by atoms with Gasteiger partial charge < -0.3 is 14.2 Å². The normalized spacial score (nSPS) is 17.2. The lowest BCUT2D eigenvalue weighted by Gasteiger charge is -2.25. The second kappa shape index (κ2) is 8.67. The number of ether oxygens (including phenoxy) is 1. The smallest absolute Gasteiger partial charge is 0.311 e. The van der Waals surface area contributed by atoms with Crippen molar-refractivity contribution in [2.45, 2.75) is 26.0 Å². The summed E-state index contributed by atoms with van der Waals surface area (Å²) in [6, 6.07) is 16.6. The van der Waals surface area contributed by atoms with E-state index in [1.54, 1.807) is 29.2 Å². The van der Waals surface area contributed by atoms with Gasteiger partial charge in [0.2, 0.25) is 11.7 Å². The number of hydrogen-bond acceptors (Lipinski definition) is 6. The highest BCUT2D eigenvalue weighted by Crippen LogP contribution is 2.29. The molecule has 3 aromatic rings. The fourth-order valence-corrected chi connectivity index (χ4v) is 3.58.